The summed E-state index contributed by atoms with van der Waals surface area (Å²) in [6.45, 7) is 4.51. The maximum absolute atomic E-state index is 11.2. The summed E-state index contributed by atoms with van der Waals surface area (Å²) in [5.41, 5.74) is 2.40. The van der Waals surface area contributed by atoms with Crippen LogP contribution in [0.5, 0.6) is 0 Å². The highest BCUT2D eigenvalue weighted by Gasteiger charge is 2.24. The Labute approximate surface area is 126 Å². The molecule has 0 radical (unpaired) electrons. The van der Waals surface area contributed by atoms with Gasteiger partial charge in [0, 0.05) is 17.0 Å². The van der Waals surface area contributed by atoms with E-state index in [1.54, 1.807) is 11.3 Å². The summed E-state index contributed by atoms with van der Waals surface area (Å²) in [6.07, 6.45) is 0. The number of anilines is 2. The van der Waals surface area contributed by atoms with Crippen molar-refractivity contribution in [1.29, 1.82) is 0 Å². The molecule has 8 heteroatoms. The van der Waals surface area contributed by atoms with Gasteiger partial charge >= 0.3 is 5.69 Å². The fraction of sp³-hybridized carbons (Fsp3) is 0.308. The molecule has 0 aromatic carbocycles. The molecule has 2 heterocycles. The van der Waals surface area contributed by atoms with Gasteiger partial charge in [-0.15, -0.1) is 11.3 Å². The molecule has 0 aliphatic carbocycles. The average Bonchev–Trinajstić information content (AvgIpc) is 2.96. The van der Waals surface area contributed by atoms with Gasteiger partial charge in [0.05, 0.1) is 11.5 Å². The van der Waals surface area contributed by atoms with Crippen LogP contribution in [0, 0.1) is 10.1 Å². The molecular formula is C13H17N5O2S. The molecule has 112 valence electrons. The van der Waals surface area contributed by atoms with Gasteiger partial charge < -0.3 is 10.3 Å². The Morgan fingerprint density at radius 2 is 2.24 bits per heavy atom. The van der Waals surface area contributed by atoms with Crippen molar-refractivity contribution in [3.63, 3.8) is 0 Å². The zero-order valence-electron chi connectivity index (χ0n) is 11.8. The molecule has 0 amide bonds. The van der Waals surface area contributed by atoms with Crippen LogP contribution in [-0.2, 0) is 6.54 Å². The lowest BCUT2D eigenvalue weighted by Crippen LogP contribution is -2.31. The van der Waals surface area contributed by atoms with Crippen molar-refractivity contribution in [3.05, 3.63) is 44.6 Å². The average molecular weight is 307 g/mol. The van der Waals surface area contributed by atoms with Crippen LogP contribution < -0.4 is 16.2 Å². The van der Waals surface area contributed by atoms with Crippen LogP contribution in [0.1, 0.15) is 18.7 Å². The topological polar surface area (TPSA) is 97.3 Å². The second-order valence-corrected chi connectivity index (χ2v) is 5.77. The Morgan fingerprint density at radius 1 is 1.48 bits per heavy atom. The zero-order chi connectivity index (χ0) is 15.4. The highest BCUT2D eigenvalue weighted by atomic mass is 32.1. The molecule has 7 nitrogen and oxygen atoms in total. The van der Waals surface area contributed by atoms with Crippen molar-refractivity contribution in [2.45, 2.75) is 26.4 Å². The number of nitrogens with two attached hydrogens (primary N) is 1. The predicted molar refractivity (Wildman–Crippen MR) is 84.3 cm³/mol. The number of nitrogens with zero attached hydrogens (tertiary/aromatic N) is 3. The van der Waals surface area contributed by atoms with E-state index in [1.165, 1.54) is 12.1 Å². The second kappa shape index (κ2) is 6.51. The summed E-state index contributed by atoms with van der Waals surface area (Å²) >= 11 is 1.61. The quantitative estimate of drug-likeness (QED) is 0.484. The van der Waals surface area contributed by atoms with E-state index in [4.69, 9.17) is 5.84 Å². The van der Waals surface area contributed by atoms with E-state index in [1.807, 2.05) is 36.3 Å². The number of nitro groups is 1. The van der Waals surface area contributed by atoms with Crippen molar-refractivity contribution in [3.8, 4) is 0 Å². The number of hydrazine groups is 1. The Balaban J connectivity index is 2.45. The molecule has 0 bridgehead atoms. The maximum Gasteiger partial charge on any atom is 0.311 e. The molecule has 0 atom stereocenters. The van der Waals surface area contributed by atoms with E-state index >= 15 is 0 Å². The van der Waals surface area contributed by atoms with Gasteiger partial charge in [-0.05, 0) is 31.4 Å². The first kappa shape index (κ1) is 15.2. The summed E-state index contributed by atoms with van der Waals surface area (Å²) in [5.74, 6) is 6.07. The second-order valence-electron chi connectivity index (χ2n) is 4.74. The minimum atomic E-state index is -0.424. The van der Waals surface area contributed by atoms with E-state index in [0.717, 1.165) is 4.88 Å². The first-order valence-corrected chi connectivity index (χ1v) is 7.32. The van der Waals surface area contributed by atoms with Crippen LogP contribution in [0.3, 0.4) is 0 Å². The lowest BCUT2D eigenvalue weighted by atomic mass is 10.2. The van der Waals surface area contributed by atoms with Crippen LogP contribution in [0.15, 0.2) is 29.6 Å². The number of aromatic nitrogens is 1. The Bertz CT molecular complexity index is 615. The summed E-state index contributed by atoms with van der Waals surface area (Å²) in [5, 5.41) is 13.2. The number of nitrogens with one attached hydrogen (secondary N) is 1. The van der Waals surface area contributed by atoms with Crippen molar-refractivity contribution < 1.29 is 4.92 Å². The third-order valence-corrected chi connectivity index (χ3v) is 3.86. The molecule has 2 aromatic rings. The monoisotopic (exact) mass is 307 g/mol. The molecule has 0 spiro atoms. The van der Waals surface area contributed by atoms with Crippen LogP contribution >= 0.6 is 11.3 Å². The molecule has 0 fully saturated rings. The van der Waals surface area contributed by atoms with Gasteiger partial charge in [-0.3, -0.25) is 10.1 Å². The maximum atomic E-state index is 11.2. The number of nitrogen functional groups attached to an aromatic ring is 1. The first-order valence-electron chi connectivity index (χ1n) is 6.44. The van der Waals surface area contributed by atoms with Crippen molar-refractivity contribution in [1.82, 2.24) is 4.98 Å². The zero-order valence-corrected chi connectivity index (χ0v) is 12.6. The number of thiophene rings is 1. The van der Waals surface area contributed by atoms with E-state index in [9.17, 15) is 10.1 Å². The van der Waals surface area contributed by atoms with E-state index < -0.39 is 4.92 Å². The van der Waals surface area contributed by atoms with Gasteiger partial charge in [-0.2, -0.15) is 0 Å². The lowest BCUT2D eigenvalue weighted by Gasteiger charge is -2.27. The molecule has 2 aromatic heterocycles. The van der Waals surface area contributed by atoms with Crippen LogP contribution in [0.25, 0.3) is 0 Å². The molecule has 0 unspecified atom stereocenters. The van der Waals surface area contributed by atoms with Crippen molar-refractivity contribution in [2.24, 2.45) is 5.84 Å². The van der Waals surface area contributed by atoms with Gasteiger partial charge in [0.1, 0.15) is 5.82 Å². The number of hydrogen-bond donors (Lipinski definition) is 2. The fourth-order valence-electron chi connectivity index (χ4n) is 1.95. The highest BCUT2D eigenvalue weighted by Crippen LogP contribution is 2.30. The summed E-state index contributed by atoms with van der Waals surface area (Å²) in [4.78, 5) is 18.1. The fourth-order valence-corrected chi connectivity index (χ4v) is 2.65. The van der Waals surface area contributed by atoms with Crippen molar-refractivity contribution in [2.75, 3.05) is 10.3 Å². The van der Waals surface area contributed by atoms with Crippen LogP contribution in [0.4, 0.5) is 17.3 Å². The Kier molecular flexibility index (Phi) is 4.71. The summed E-state index contributed by atoms with van der Waals surface area (Å²) in [6, 6.07) is 6.92. The first-order chi connectivity index (χ1) is 10.0. The summed E-state index contributed by atoms with van der Waals surface area (Å²) in [7, 11) is 0. The minimum Gasteiger partial charge on any atom is -0.343 e. The molecule has 2 rings (SSSR count). The standard InChI is InChI=1S/C13H17N5O2S/c1-9(2)17(8-10-4-3-7-21-10)13-11(18(19)20)5-6-12(15-13)16-14/h3-7,9H,8,14H2,1-2H3,(H,15,16). The van der Waals surface area contributed by atoms with Gasteiger partial charge in [0.15, 0.2) is 0 Å². The van der Waals surface area contributed by atoms with Crippen LogP contribution in [0.2, 0.25) is 0 Å². The number of rotatable bonds is 6. The third kappa shape index (κ3) is 3.47. The smallest absolute Gasteiger partial charge is 0.311 e. The SMILES string of the molecule is CC(C)N(Cc1cccs1)c1nc(NN)ccc1[N+](=O)[O-]. The van der Waals surface area contributed by atoms with Gasteiger partial charge in [-0.1, -0.05) is 6.07 Å². The molecule has 3 N–H and O–H groups in total. The Hall–Kier alpha value is -2.19. The van der Waals surface area contributed by atoms with Gasteiger partial charge in [0.2, 0.25) is 5.82 Å². The van der Waals surface area contributed by atoms with E-state index in [2.05, 4.69) is 10.4 Å². The number of hydrogen-bond acceptors (Lipinski definition) is 7. The lowest BCUT2D eigenvalue weighted by molar-refractivity contribution is -0.384. The molecular weight excluding hydrogens is 290 g/mol. The van der Waals surface area contributed by atoms with Gasteiger partial charge in [-0.25, -0.2) is 10.8 Å². The molecule has 0 saturated heterocycles. The molecule has 21 heavy (non-hydrogen) atoms. The molecule has 0 aliphatic heterocycles. The van der Waals surface area contributed by atoms with E-state index in [0.29, 0.717) is 18.2 Å². The molecule has 0 aliphatic rings. The highest BCUT2D eigenvalue weighted by molar-refractivity contribution is 7.09. The third-order valence-electron chi connectivity index (χ3n) is 3.00. The van der Waals surface area contributed by atoms with Crippen molar-refractivity contribution >= 4 is 28.7 Å². The summed E-state index contributed by atoms with van der Waals surface area (Å²) < 4.78 is 0. The van der Waals surface area contributed by atoms with Crippen LogP contribution in [-0.4, -0.2) is 15.9 Å². The molecule has 0 saturated carbocycles. The normalized spacial score (nSPS) is 10.7. The predicted octanol–water partition coefficient (Wildman–Crippen LogP) is 2.75. The Morgan fingerprint density at radius 3 is 2.76 bits per heavy atom. The van der Waals surface area contributed by atoms with E-state index in [-0.39, 0.29) is 11.7 Å². The largest absolute Gasteiger partial charge is 0.343 e. The van der Waals surface area contributed by atoms with Gasteiger partial charge in [0.25, 0.3) is 0 Å². The number of pyridine rings is 1. The minimum absolute atomic E-state index is 0.0285.